The van der Waals surface area contributed by atoms with E-state index >= 15 is 0 Å². The number of hydrogen-bond donors (Lipinski definition) is 2. The van der Waals surface area contributed by atoms with Crippen LogP contribution in [0.2, 0.25) is 0 Å². The van der Waals surface area contributed by atoms with Gasteiger partial charge in [-0.1, -0.05) is 38.0 Å². The van der Waals surface area contributed by atoms with E-state index in [1.54, 1.807) is 0 Å². The van der Waals surface area contributed by atoms with Crippen molar-refractivity contribution in [3.05, 3.63) is 69.8 Å². The maximum absolute atomic E-state index is 13.3. The maximum Gasteiger partial charge on any atom is 0.416 e. The third-order valence-electron chi connectivity index (χ3n) is 6.15. The molecule has 9 nitrogen and oxygen atoms in total. The van der Waals surface area contributed by atoms with Crippen molar-refractivity contribution < 1.29 is 32.5 Å². The van der Waals surface area contributed by atoms with E-state index in [0.717, 1.165) is 6.07 Å². The number of unbranched alkanes of at least 4 members (excludes halogenated alkanes) is 1. The SMILES string of the molecule is CCCC[C@H](C(=O)NCc1ccccc1C(F)(F)F)N1C(=O)CCC1C(=O)Nc1ccc([N+](=O)[O-])cc1. The molecule has 0 bridgehead atoms. The van der Waals surface area contributed by atoms with E-state index in [2.05, 4.69) is 10.6 Å². The number of rotatable bonds is 10. The average molecular weight is 521 g/mol. The molecule has 0 saturated carbocycles. The van der Waals surface area contributed by atoms with Crippen LogP contribution in [-0.2, 0) is 27.1 Å². The van der Waals surface area contributed by atoms with E-state index in [-0.39, 0.29) is 36.2 Å². The first-order valence-electron chi connectivity index (χ1n) is 11.8. The number of nitro benzene ring substituents is 1. The Morgan fingerprint density at radius 1 is 1.16 bits per heavy atom. The largest absolute Gasteiger partial charge is 0.416 e. The van der Waals surface area contributed by atoms with E-state index in [9.17, 15) is 37.7 Å². The third kappa shape index (κ3) is 6.83. The summed E-state index contributed by atoms with van der Waals surface area (Å²) in [5, 5.41) is 16.0. The van der Waals surface area contributed by atoms with Gasteiger partial charge in [0.25, 0.3) is 5.69 Å². The number of carbonyl (C=O) groups excluding carboxylic acids is 3. The van der Waals surface area contributed by atoms with Gasteiger partial charge in [-0.3, -0.25) is 24.5 Å². The van der Waals surface area contributed by atoms with Gasteiger partial charge in [0.1, 0.15) is 12.1 Å². The average Bonchev–Trinajstić information content (AvgIpc) is 3.24. The molecule has 0 spiro atoms. The summed E-state index contributed by atoms with van der Waals surface area (Å²) in [4.78, 5) is 50.4. The monoisotopic (exact) mass is 520 g/mol. The summed E-state index contributed by atoms with van der Waals surface area (Å²) in [5.74, 6) is -1.61. The fourth-order valence-electron chi connectivity index (χ4n) is 4.29. The van der Waals surface area contributed by atoms with Crippen LogP contribution in [0.1, 0.15) is 50.2 Å². The summed E-state index contributed by atoms with van der Waals surface area (Å²) >= 11 is 0. The standard InChI is InChI=1S/C25H27F3N4O5/c1-2-3-8-20(23(34)29-15-16-6-4-5-7-19(16)25(26,27)28)31-21(13-14-22(31)33)24(35)30-17-9-11-18(12-10-17)32(36)37/h4-7,9-12,20-21H,2-3,8,13-15H2,1H3,(H,29,34)(H,30,35)/t20-,21?/m1/s1. The van der Waals surface area contributed by atoms with Crippen molar-refractivity contribution >= 4 is 29.1 Å². The minimum Gasteiger partial charge on any atom is -0.350 e. The second kappa shape index (κ2) is 11.8. The number of carbonyl (C=O) groups is 3. The highest BCUT2D eigenvalue weighted by atomic mass is 19.4. The Hall–Kier alpha value is -3.96. The number of amides is 3. The van der Waals surface area contributed by atoms with Crippen LogP contribution in [0.3, 0.4) is 0 Å². The molecular weight excluding hydrogens is 493 g/mol. The van der Waals surface area contributed by atoms with Crippen LogP contribution < -0.4 is 10.6 Å². The summed E-state index contributed by atoms with van der Waals surface area (Å²) in [7, 11) is 0. The summed E-state index contributed by atoms with van der Waals surface area (Å²) in [6.45, 7) is 1.50. The molecular formula is C25H27F3N4O5. The van der Waals surface area contributed by atoms with Crippen LogP contribution in [0.4, 0.5) is 24.5 Å². The van der Waals surface area contributed by atoms with Crippen molar-refractivity contribution in [3.63, 3.8) is 0 Å². The zero-order chi connectivity index (χ0) is 27.2. The number of anilines is 1. The van der Waals surface area contributed by atoms with Crippen molar-refractivity contribution in [1.29, 1.82) is 0 Å². The third-order valence-corrected chi connectivity index (χ3v) is 6.15. The molecule has 1 aliphatic heterocycles. The number of nitrogens with zero attached hydrogens (tertiary/aromatic N) is 2. The van der Waals surface area contributed by atoms with Crippen molar-refractivity contribution in [3.8, 4) is 0 Å². The van der Waals surface area contributed by atoms with E-state index in [4.69, 9.17) is 0 Å². The first kappa shape index (κ1) is 27.6. The normalized spacial score (nSPS) is 16.4. The Kier molecular flexibility index (Phi) is 8.85. The smallest absolute Gasteiger partial charge is 0.350 e. The second-order valence-electron chi connectivity index (χ2n) is 8.68. The molecule has 2 N–H and O–H groups in total. The number of non-ortho nitro benzene ring substituents is 1. The lowest BCUT2D eigenvalue weighted by Crippen LogP contribution is -2.53. The lowest BCUT2D eigenvalue weighted by Gasteiger charge is -2.32. The molecule has 2 atom stereocenters. The van der Waals surface area contributed by atoms with Gasteiger partial charge in [-0.05, 0) is 36.6 Å². The highest BCUT2D eigenvalue weighted by Crippen LogP contribution is 2.32. The Morgan fingerprint density at radius 2 is 1.84 bits per heavy atom. The van der Waals surface area contributed by atoms with E-state index < -0.39 is 53.0 Å². The van der Waals surface area contributed by atoms with Crippen LogP contribution in [0, 0.1) is 10.1 Å². The highest BCUT2D eigenvalue weighted by Gasteiger charge is 2.43. The van der Waals surface area contributed by atoms with Crippen LogP contribution >= 0.6 is 0 Å². The molecule has 2 aromatic carbocycles. The van der Waals surface area contributed by atoms with Crippen LogP contribution in [0.25, 0.3) is 0 Å². The number of alkyl halides is 3. The first-order valence-corrected chi connectivity index (χ1v) is 11.8. The number of likely N-dealkylation sites (tertiary alicyclic amines) is 1. The minimum atomic E-state index is -4.59. The first-order chi connectivity index (χ1) is 17.5. The Bertz CT molecular complexity index is 1150. The molecule has 3 rings (SSSR count). The van der Waals surface area contributed by atoms with Crippen LogP contribution in [-0.4, -0.2) is 39.6 Å². The van der Waals surface area contributed by atoms with Gasteiger partial charge >= 0.3 is 6.18 Å². The molecule has 0 aromatic heterocycles. The summed E-state index contributed by atoms with van der Waals surface area (Å²) < 4.78 is 40.0. The molecule has 0 radical (unpaired) electrons. The van der Waals surface area contributed by atoms with Crippen LogP contribution in [0.15, 0.2) is 48.5 Å². The molecule has 2 aromatic rings. The fraction of sp³-hybridized carbons (Fsp3) is 0.400. The lowest BCUT2D eigenvalue weighted by molar-refractivity contribution is -0.384. The quantitative estimate of drug-likeness (QED) is 0.355. The zero-order valence-electron chi connectivity index (χ0n) is 20.1. The Balaban J connectivity index is 1.77. The molecule has 1 fully saturated rings. The molecule has 1 unspecified atom stereocenters. The molecule has 1 heterocycles. The van der Waals surface area contributed by atoms with Gasteiger partial charge in [0.15, 0.2) is 0 Å². The molecule has 3 amide bonds. The number of nitrogens with one attached hydrogen (secondary N) is 2. The second-order valence-corrected chi connectivity index (χ2v) is 8.68. The Morgan fingerprint density at radius 3 is 2.46 bits per heavy atom. The van der Waals surface area contributed by atoms with Gasteiger partial charge in [0.2, 0.25) is 17.7 Å². The zero-order valence-corrected chi connectivity index (χ0v) is 20.1. The van der Waals surface area contributed by atoms with Gasteiger partial charge in [-0.25, -0.2) is 0 Å². The molecule has 12 heteroatoms. The predicted molar refractivity (Wildman–Crippen MR) is 128 cm³/mol. The molecule has 0 aliphatic carbocycles. The van der Waals surface area contributed by atoms with E-state index in [1.165, 1.54) is 47.4 Å². The Labute approximate surface area is 211 Å². The number of halogens is 3. The van der Waals surface area contributed by atoms with Crippen LogP contribution in [0.5, 0.6) is 0 Å². The van der Waals surface area contributed by atoms with E-state index in [1.807, 2.05) is 6.92 Å². The number of benzene rings is 2. The van der Waals surface area contributed by atoms with E-state index in [0.29, 0.717) is 12.8 Å². The molecule has 37 heavy (non-hydrogen) atoms. The predicted octanol–water partition coefficient (Wildman–Crippen LogP) is 4.42. The summed E-state index contributed by atoms with van der Waals surface area (Å²) in [5.41, 5.74) is -0.844. The van der Waals surface area contributed by atoms with Crippen molar-refractivity contribution in [2.24, 2.45) is 0 Å². The van der Waals surface area contributed by atoms with Gasteiger partial charge in [-0.15, -0.1) is 0 Å². The molecule has 198 valence electrons. The van der Waals surface area contributed by atoms with Crippen molar-refractivity contribution in [2.45, 2.75) is 63.8 Å². The topological polar surface area (TPSA) is 122 Å². The van der Waals surface area contributed by atoms with Crippen molar-refractivity contribution in [2.75, 3.05) is 5.32 Å². The summed E-state index contributed by atoms with van der Waals surface area (Å²) in [6.07, 6.45) is -2.92. The number of hydrogen-bond acceptors (Lipinski definition) is 5. The van der Waals surface area contributed by atoms with Gasteiger partial charge in [0, 0.05) is 30.8 Å². The summed E-state index contributed by atoms with van der Waals surface area (Å²) in [6, 6.07) is 8.05. The van der Waals surface area contributed by atoms with Gasteiger partial charge in [-0.2, -0.15) is 13.2 Å². The van der Waals surface area contributed by atoms with Crippen molar-refractivity contribution in [1.82, 2.24) is 10.2 Å². The highest BCUT2D eigenvalue weighted by molar-refractivity contribution is 6.00. The fourth-order valence-corrected chi connectivity index (χ4v) is 4.29. The number of nitro groups is 1. The van der Waals surface area contributed by atoms with Gasteiger partial charge < -0.3 is 15.5 Å². The molecule has 1 aliphatic rings. The lowest BCUT2D eigenvalue weighted by atomic mass is 10.0. The maximum atomic E-state index is 13.3. The van der Waals surface area contributed by atoms with Gasteiger partial charge in [0.05, 0.1) is 10.5 Å². The molecule has 1 saturated heterocycles. The minimum absolute atomic E-state index is 0.0329.